The molecule has 0 amide bonds. The summed E-state index contributed by atoms with van der Waals surface area (Å²) in [7, 11) is 0. The van der Waals surface area contributed by atoms with E-state index in [1.807, 2.05) is 0 Å². The first-order valence-corrected chi connectivity index (χ1v) is 6.19. The number of aryl methyl sites for hydroxylation is 2. The Kier molecular flexibility index (Phi) is 4.73. The summed E-state index contributed by atoms with van der Waals surface area (Å²) in [5.41, 5.74) is 3.57. The maximum absolute atomic E-state index is 11.2. The number of benzene rings is 1. The van der Waals surface area contributed by atoms with Crippen molar-refractivity contribution in [3.63, 3.8) is 0 Å². The predicted octanol–water partition coefficient (Wildman–Crippen LogP) is 3.59. The van der Waals surface area contributed by atoms with Gasteiger partial charge in [-0.3, -0.25) is 4.79 Å². The first kappa shape index (κ1) is 13.8. The van der Waals surface area contributed by atoms with Gasteiger partial charge >= 0.3 is 5.97 Å². The van der Waals surface area contributed by atoms with E-state index in [1.165, 1.54) is 11.1 Å². The molecule has 1 aromatic rings. The summed E-state index contributed by atoms with van der Waals surface area (Å²) in [4.78, 5) is 11.2. The van der Waals surface area contributed by atoms with E-state index >= 15 is 0 Å². The maximum atomic E-state index is 11.2. The van der Waals surface area contributed by atoms with Gasteiger partial charge in [-0.05, 0) is 43.7 Å². The Labute approximate surface area is 104 Å². The molecule has 1 unspecified atom stereocenters. The Morgan fingerprint density at radius 1 is 1.29 bits per heavy atom. The lowest BCUT2D eigenvalue weighted by Gasteiger charge is -2.16. The molecule has 1 N–H and O–H groups in total. The SMILES string of the molecule is Cc1ccc(CC(CC(C)C)C(=O)O)c(C)c1. The van der Waals surface area contributed by atoms with Crippen molar-refractivity contribution >= 4 is 5.97 Å². The molecule has 0 heterocycles. The average molecular weight is 234 g/mol. The molecule has 94 valence electrons. The van der Waals surface area contributed by atoms with Gasteiger partial charge in [0.15, 0.2) is 0 Å². The van der Waals surface area contributed by atoms with Gasteiger partial charge in [0.25, 0.3) is 0 Å². The molecule has 1 rings (SSSR count). The summed E-state index contributed by atoms with van der Waals surface area (Å²) in [5.74, 6) is -0.531. The molecule has 0 bridgehead atoms. The molecule has 1 atom stereocenters. The second-order valence-electron chi connectivity index (χ2n) is 5.30. The van der Waals surface area contributed by atoms with Gasteiger partial charge in [-0.2, -0.15) is 0 Å². The fourth-order valence-corrected chi connectivity index (χ4v) is 2.18. The van der Waals surface area contributed by atoms with Gasteiger partial charge < -0.3 is 5.11 Å². The largest absolute Gasteiger partial charge is 0.481 e. The highest BCUT2D eigenvalue weighted by molar-refractivity contribution is 5.70. The third-order valence-electron chi connectivity index (χ3n) is 3.07. The van der Waals surface area contributed by atoms with Gasteiger partial charge in [-0.1, -0.05) is 37.6 Å². The van der Waals surface area contributed by atoms with Crippen molar-refractivity contribution in [2.45, 2.75) is 40.5 Å². The second-order valence-corrected chi connectivity index (χ2v) is 5.30. The zero-order valence-electron chi connectivity index (χ0n) is 11.2. The monoisotopic (exact) mass is 234 g/mol. The first-order valence-electron chi connectivity index (χ1n) is 6.19. The Bertz CT molecular complexity index is 394. The van der Waals surface area contributed by atoms with E-state index in [0.717, 1.165) is 12.0 Å². The van der Waals surface area contributed by atoms with Crippen LogP contribution in [0, 0.1) is 25.7 Å². The Balaban J connectivity index is 2.82. The summed E-state index contributed by atoms with van der Waals surface area (Å²) in [6.07, 6.45) is 1.38. The lowest BCUT2D eigenvalue weighted by molar-refractivity contribution is -0.142. The van der Waals surface area contributed by atoms with Crippen molar-refractivity contribution in [3.8, 4) is 0 Å². The lowest BCUT2D eigenvalue weighted by atomic mass is 9.89. The summed E-state index contributed by atoms with van der Waals surface area (Å²) >= 11 is 0. The molecule has 2 heteroatoms. The number of carbonyl (C=O) groups is 1. The van der Waals surface area contributed by atoms with Crippen molar-refractivity contribution in [2.75, 3.05) is 0 Å². The Morgan fingerprint density at radius 3 is 2.41 bits per heavy atom. The smallest absolute Gasteiger partial charge is 0.306 e. The molecule has 2 nitrogen and oxygen atoms in total. The molecule has 1 aromatic carbocycles. The van der Waals surface area contributed by atoms with Crippen LogP contribution in [0.25, 0.3) is 0 Å². The number of carboxylic acid groups (broad SMARTS) is 1. The molecule has 17 heavy (non-hydrogen) atoms. The molecule has 0 fully saturated rings. The fraction of sp³-hybridized carbons (Fsp3) is 0.533. The van der Waals surface area contributed by atoms with Crippen LogP contribution in [0.1, 0.15) is 37.0 Å². The van der Waals surface area contributed by atoms with Crippen LogP contribution >= 0.6 is 0 Å². The highest BCUT2D eigenvalue weighted by Crippen LogP contribution is 2.20. The standard InChI is InChI=1S/C15H22O2/c1-10(2)7-14(15(16)17)9-13-6-5-11(3)8-12(13)4/h5-6,8,10,14H,7,9H2,1-4H3,(H,16,17). The van der Waals surface area contributed by atoms with Crippen LogP contribution in [0.3, 0.4) is 0 Å². The van der Waals surface area contributed by atoms with Crippen LogP contribution in [0.4, 0.5) is 0 Å². The van der Waals surface area contributed by atoms with Crippen LogP contribution in [0.5, 0.6) is 0 Å². The number of aliphatic carboxylic acids is 1. The molecule has 0 spiro atoms. The molecule has 0 aliphatic rings. The second kappa shape index (κ2) is 5.85. The van der Waals surface area contributed by atoms with Gasteiger partial charge in [0.05, 0.1) is 5.92 Å². The highest BCUT2D eigenvalue weighted by Gasteiger charge is 2.19. The minimum atomic E-state index is -0.682. The van der Waals surface area contributed by atoms with Crippen LogP contribution in [0.2, 0.25) is 0 Å². The van der Waals surface area contributed by atoms with Gasteiger partial charge in [-0.15, -0.1) is 0 Å². The summed E-state index contributed by atoms with van der Waals surface area (Å²) < 4.78 is 0. The van der Waals surface area contributed by atoms with Gasteiger partial charge in [0.2, 0.25) is 0 Å². The van der Waals surface area contributed by atoms with Crippen LogP contribution < -0.4 is 0 Å². The molecule has 0 aliphatic heterocycles. The van der Waals surface area contributed by atoms with Crippen LogP contribution in [-0.2, 0) is 11.2 Å². The van der Waals surface area contributed by atoms with Crippen molar-refractivity contribution in [1.82, 2.24) is 0 Å². The number of hydrogen-bond donors (Lipinski definition) is 1. The predicted molar refractivity (Wildman–Crippen MR) is 70.2 cm³/mol. The van der Waals surface area contributed by atoms with Gasteiger partial charge in [0, 0.05) is 0 Å². The highest BCUT2D eigenvalue weighted by atomic mass is 16.4. The minimum absolute atomic E-state index is 0.267. The van der Waals surface area contributed by atoms with E-state index in [-0.39, 0.29) is 5.92 Å². The topological polar surface area (TPSA) is 37.3 Å². The third kappa shape index (κ3) is 4.22. The van der Waals surface area contributed by atoms with Gasteiger partial charge in [0.1, 0.15) is 0 Å². The van der Waals surface area contributed by atoms with Crippen molar-refractivity contribution in [1.29, 1.82) is 0 Å². The lowest BCUT2D eigenvalue weighted by Crippen LogP contribution is -2.19. The van der Waals surface area contributed by atoms with Gasteiger partial charge in [-0.25, -0.2) is 0 Å². The summed E-state index contributed by atoms with van der Waals surface area (Å²) in [6.45, 7) is 8.24. The zero-order chi connectivity index (χ0) is 13.0. The average Bonchev–Trinajstić information content (AvgIpc) is 2.19. The summed E-state index contributed by atoms with van der Waals surface area (Å²) in [5, 5.41) is 9.23. The molecule has 0 saturated heterocycles. The normalized spacial score (nSPS) is 12.8. The van der Waals surface area contributed by atoms with E-state index in [2.05, 4.69) is 45.9 Å². The van der Waals surface area contributed by atoms with Crippen molar-refractivity contribution in [2.24, 2.45) is 11.8 Å². The molecule has 0 aliphatic carbocycles. The maximum Gasteiger partial charge on any atom is 0.306 e. The molecular formula is C15H22O2. The molecular weight excluding hydrogens is 212 g/mol. The van der Waals surface area contributed by atoms with E-state index in [4.69, 9.17) is 0 Å². The Morgan fingerprint density at radius 2 is 1.94 bits per heavy atom. The summed E-state index contributed by atoms with van der Waals surface area (Å²) in [6, 6.07) is 6.22. The van der Waals surface area contributed by atoms with Crippen LogP contribution in [-0.4, -0.2) is 11.1 Å². The molecule has 0 radical (unpaired) electrons. The zero-order valence-corrected chi connectivity index (χ0v) is 11.2. The molecule has 0 saturated carbocycles. The first-order chi connectivity index (χ1) is 7.90. The van der Waals surface area contributed by atoms with E-state index in [0.29, 0.717) is 12.3 Å². The number of rotatable bonds is 5. The van der Waals surface area contributed by atoms with E-state index in [9.17, 15) is 9.90 Å². The Hall–Kier alpha value is -1.31. The van der Waals surface area contributed by atoms with Crippen LogP contribution in [0.15, 0.2) is 18.2 Å². The number of hydrogen-bond acceptors (Lipinski definition) is 1. The fourth-order valence-electron chi connectivity index (χ4n) is 2.18. The van der Waals surface area contributed by atoms with Crippen molar-refractivity contribution in [3.05, 3.63) is 34.9 Å². The van der Waals surface area contributed by atoms with Crippen molar-refractivity contribution < 1.29 is 9.90 Å². The van der Waals surface area contributed by atoms with E-state index < -0.39 is 5.97 Å². The third-order valence-corrected chi connectivity index (χ3v) is 3.07. The quantitative estimate of drug-likeness (QED) is 0.845. The van der Waals surface area contributed by atoms with E-state index in [1.54, 1.807) is 0 Å². The molecule has 0 aromatic heterocycles. The number of carboxylic acids is 1. The minimum Gasteiger partial charge on any atom is -0.481 e.